The van der Waals surface area contributed by atoms with Crippen LogP contribution >= 0.6 is 0 Å². The van der Waals surface area contributed by atoms with Gasteiger partial charge in [0.15, 0.2) is 0 Å². The molecule has 0 fully saturated rings. The Morgan fingerprint density at radius 2 is 2.12 bits per heavy atom. The molecule has 1 unspecified atom stereocenters. The number of nitrogens with one attached hydrogen (secondary N) is 1. The molecular formula is C14H19N3. The number of nitrogens with zero attached hydrogens (tertiary/aromatic N) is 1. The van der Waals surface area contributed by atoms with E-state index in [1.54, 1.807) is 0 Å². The lowest BCUT2D eigenvalue weighted by atomic mass is 10.1. The maximum absolute atomic E-state index is 5.62. The highest BCUT2D eigenvalue weighted by Gasteiger charge is 2.07. The van der Waals surface area contributed by atoms with Crippen LogP contribution in [0, 0.1) is 12.8 Å². The molecule has 3 heteroatoms. The van der Waals surface area contributed by atoms with Gasteiger partial charge in [0.05, 0.1) is 11.9 Å². The summed E-state index contributed by atoms with van der Waals surface area (Å²) in [4.78, 5) is 7.78. The van der Waals surface area contributed by atoms with Gasteiger partial charge in [0.2, 0.25) is 0 Å². The average Bonchev–Trinajstić information content (AvgIpc) is 2.78. The maximum atomic E-state index is 5.62. The van der Waals surface area contributed by atoms with Gasteiger partial charge in [-0.15, -0.1) is 0 Å². The van der Waals surface area contributed by atoms with Crippen LogP contribution in [0.4, 0.5) is 0 Å². The van der Waals surface area contributed by atoms with E-state index in [0.29, 0.717) is 12.5 Å². The summed E-state index contributed by atoms with van der Waals surface area (Å²) in [6.45, 7) is 4.94. The van der Waals surface area contributed by atoms with Crippen LogP contribution in [0.25, 0.3) is 11.3 Å². The van der Waals surface area contributed by atoms with E-state index >= 15 is 0 Å². The number of rotatable bonds is 4. The zero-order valence-electron chi connectivity index (χ0n) is 10.4. The highest BCUT2D eigenvalue weighted by atomic mass is 14.9. The van der Waals surface area contributed by atoms with Crippen LogP contribution in [-0.4, -0.2) is 16.5 Å². The second-order valence-electron chi connectivity index (χ2n) is 4.60. The molecule has 1 heterocycles. The Morgan fingerprint density at radius 1 is 1.35 bits per heavy atom. The molecule has 0 saturated heterocycles. The van der Waals surface area contributed by atoms with Gasteiger partial charge in [0.25, 0.3) is 0 Å². The van der Waals surface area contributed by atoms with Gasteiger partial charge in [-0.25, -0.2) is 4.98 Å². The summed E-state index contributed by atoms with van der Waals surface area (Å²) in [5.74, 6) is 1.48. The van der Waals surface area contributed by atoms with Gasteiger partial charge >= 0.3 is 0 Å². The molecule has 0 aliphatic rings. The molecule has 0 amide bonds. The third kappa shape index (κ3) is 2.74. The molecule has 0 radical (unpaired) electrons. The molecule has 0 saturated carbocycles. The van der Waals surface area contributed by atoms with Crippen LogP contribution in [0.15, 0.2) is 30.5 Å². The van der Waals surface area contributed by atoms with Crippen molar-refractivity contribution < 1.29 is 0 Å². The number of hydrogen-bond acceptors (Lipinski definition) is 2. The summed E-state index contributed by atoms with van der Waals surface area (Å²) in [5.41, 5.74) is 9.18. The lowest BCUT2D eigenvalue weighted by Gasteiger charge is -2.05. The fourth-order valence-electron chi connectivity index (χ4n) is 1.89. The van der Waals surface area contributed by atoms with E-state index in [2.05, 4.69) is 35.9 Å². The van der Waals surface area contributed by atoms with Gasteiger partial charge in [-0.1, -0.05) is 31.2 Å². The summed E-state index contributed by atoms with van der Waals surface area (Å²) in [6.07, 6.45) is 2.81. The molecule has 2 rings (SSSR count). The van der Waals surface area contributed by atoms with E-state index in [1.165, 1.54) is 11.1 Å². The number of aromatic nitrogens is 2. The lowest BCUT2D eigenvalue weighted by molar-refractivity contribution is 0.577. The molecule has 0 aliphatic heterocycles. The zero-order chi connectivity index (χ0) is 12.3. The lowest BCUT2D eigenvalue weighted by Crippen LogP contribution is -2.13. The van der Waals surface area contributed by atoms with E-state index in [9.17, 15) is 0 Å². The summed E-state index contributed by atoms with van der Waals surface area (Å²) >= 11 is 0. The van der Waals surface area contributed by atoms with Crippen molar-refractivity contribution in [2.75, 3.05) is 6.54 Å². The molecule has 1 atom stereocenters. The normalized spacial score (nSPS) is 12.6. The highest BCUT2D eigenvalue weighted by molar-refractivity contribution is 5.62. The molecule has 17 heavy (non-hydrogen) atoms. The van der Waals surface area contributed by atoms with Gasteiger partial charge < -0.3 is 10.7 Å². The molecule has 3 N–H and O–H groups in total. The second kappa shape index (κ2) is 5.15. The number of nitrogens with two attached hydrogens (primary N) is 1. The van der Waals surface area contributed by atoms with E-state index in [0.717, 1.165) is 17.9 Å². The predicted octanol–water partition coefficient (Wildman–Crippen LogP) is 2.52. The predicted molar refractivity (Wildman–Crippen MR) is 70.7 cm³/mol. The number of H-pyrrole nitrogens is 1. The molecule has 0 bridgehead atoms. The monoisotopic (exact) mass is 229 g/mol. The SMILES string of the molecule is Cc1ccccc1-c1cnc(CC(C)CN)[nH]1. The largest absolute Gasteiger partial charge is 0.342 e. The van der Waals surface area contributed by atoms with Crippen LogP contribution < -0.4 is 5.73 Å². The number of hydrogen-bond donors (Lipinski definition) is 2. The fourth-order valence-corrected chi connectivity index (χ4v) is 1.89. The Balaban J connectivity index is 2.21. The van der Waals surface area contributed by atoms with Crippen molar-refractivity contribution >= 4 is 0 Å². The molecule has 3 nitrogen and oxygen atoms in total. The summed E-state index contributed by atoms with van der Waals surface area (Å²) in [6, 6.07) is 8.31. The zero-order valence-corrected chi connectivity index (χ0v) is 10.4. The topological polar surface area (TPSA) is 54.7 Å². The Labute approximate surface area is 102 Å². The number of aryl methyl sites for hydroxylation is 1. The Morgan fingerprint density at radius 3 is 2.82 bits per heavy atom. The van der Waals surface area contributed by atoms with Crippen LogP contribution in [0.5, 0.6) is 0 Å². The van der Waals surface area contributed by atoms with E-state index in [4.69, 9.17) is 5.73 Å². The molecule has 0 aliphatic carbocycles. The molecule has 90 valence electrons. The fraction of sp³-hybridized carbons (Fsp3) is 0.357. The second-order valence-corrected chi connectivity index (χ2v) is 4.60. The quantitative estimate of drug-likeness (QED) is 0.846. The standard InChI is InChI=1S/C14H19N3/c1-10(8-15)7-14-16-9-13(17-14)12-6-4-3-5-11(12)2/h3-6,9-10H,7-8,15H2,1-2H3,(H,16,17). The Bertz CT molecular complexity index is 488. The van der Waals surface area contributed by atoms with Crippen molar-refractivity contribution in [3.8, 4) is 11.3 Å². The molecule has 1 aromatic heterocycles. The van der Waals surface area contributed by atoms with Gasteiger partial charge in [0.1, 0.15) is 5.82 Å². The minimum atomic E-state index is 0.464. The third-order valence-corrected chi connectivity index (χ3v) is 3.01. The Hall–Kier alpha value is -1.61. The van der Waals surface area contributed by atoms with Crippen molar-refractivity contribution in [2.24, 2.45) is 11.7 Å². The third-order valence-electron chi connectivity index (χ3n) is 3.01. The minimum absolute atomic E-state index is 0.464. The summed E-state index contributed by atoms with van der Waals surface area (Å²) in [5, 5.41) is 0. The summed E-state index contributed by atoms with van der Waals surface area (Å²) in [7, 11) is 0. The first-order chi connectivity index (χ1) is 8.20. The van der Waals surface area contributed by atoms with Crippen LogP contribution in [0.3, 0.4) is 0 Å². The highest BCUT2D eigenvalue weighted by Crippen LogP contribution is 2.21. The van der Waals surface area contributed by atoms with E-state index in [-0.39, 0.29) is 0 Å². The molecule has 1 aromatic carbocycles. The Kier molecular flexibility index (Phi) is 3.59. The van der Waals surface area contributed by atoms with Crippen LogP contribution in [-0.2, 0) is 6.42 Å². The van der Waals surface area contributed by atoms with Gasteiger partial charge in [-0.2, -0.15) is 0 Å². The van der Waals surface area contributed by atoms with Crippen LogP contribution in [0.1, 0.15) is 18.3 Å². The van der Waals surface area contributed by atoms with Crippen molar-refractivity contribution in [1.82, 2.24) is 9.97 Å². The minimum Gasteiger partial charge on any atom is -0.342 e. The number of imidazole rings is 1. The number of aromatic amines is 1. The first kappa shape index (κ1) is 11.9. The van der Waals surface area contributed by atoms with Crippen LogP contribution in [0.2, 0.25) is 0 Å². The first-order valence-electron chi connectivity index (χ1n) is 6.00. The molecular weight excluding hydrogens is 210 g/mol. The van der Waals surface area contributed by atoms with Crippen molar-refractivity contribution in [2.45, 2.75) is 20.3 Å². The maximum Gasteiger partial charge on any atom is 0.106 e. The summed E-state index contributed by atoms with van der Waals surface area (Å²) < 4.78 is 0. The molecule has 0 spiro atoms. The van der Waals surface area contributed by atoms with Gasteiger partial charge in [-0.05, 0) is 24.9 Å². The van der Waals surface area contributed by atoms with E-state index in [1.807, 2.05) is 18.3 Å². The number of benzene rings is 1. The first-order valence-corrected chi connectivity index (χ1v) is 6.00. The van der Waals surface area contributed by atoms with Gasteiger partial charge in [-0.3, -0.25) is 0 Å². The van der Waals surface area contributed by atoms with E-state index < -0.39 is 0 Å². The van der Waals surface area contributed by atoms with Gasteiger partial charge in [0, 0.05) is 12.0 Å². The van der Waals surface area contributed by atoms with Crippen molar-refractivity contribution in [1.29, 1.82) is 0 Å². The average molecular weight is 229 g/mol. The smallest absolute Gasteiger partial charge is 0.106 e. The van der Waals surface area contributed by atoms with Crippen molar-refractivity contribution in [3.05, 3.63) is 41.9 Å². The molecule has 2 aromatic rings. The van der Waals surface area contributed by atoms with Crippen molar-refractivity contribution in [3.63, 3.8) is 0 Å².